The molecule has 0 aliphatic carbocycles. The van der Waals surface area contributed by atoms with Crippen LogP contribution < -0.4 is 0 Å². The predicted octanol–water partition coefficient (Wildman–Crippen LogP) is 3.27. The Labute approximate surface area is 80.5 Å². The molecule has 66 valence electrons. The van der Waals surface area contributed by atoms with Crippen molar-refractivity contribution in [2.75, 3.05) is 0 Å². The Bertz CT molecular complexity index is 258. The van der Waals surface area contributed by atoms with Crippen LogP contribution in [0.15, 0.2) is 22.7 Å². The molecular weight excluding hydrogens is 194 g/mol. The zero-order chi connectivity index (χ0) is 8.97. The van der Waals surface area contributed by atoms with Gasteiger partial charge in [0, 0.05) is 10.8 Å². The molecule has 1 aromatic rings. The second kappa shape index (κ2) is 4.48. The Morgan fingerprint density at radius 2 is 2.58 bits per heavy atom. The molecule has 2 nitrogen and oxygen atoms in total. The van der Waals surface area contributed by atoms with Crippen LogP contribution in [0.2, 0.25) is 0 Å². The van der Waals surface area contributed by atoms with Gasteiger partial charge in [0.2, 0.25) is 0 Å². The molecule has 1 unspecified atom stereocenters. The van der Waals surface area contributed by atoms with Crippen molar-refractivity contribution < 1.29 is 5.21 Å². The van der Waals surface area contributed by atoms with Gasteiger partial charge in [0.05, 0.1) is 0 Å². The molecule has 0 radical (unpaired) electrons. The van der Waals surface area contributed by atoms with Crippen molar-refractivity contribution in [3.63, 3.8) is 0 Å². The maximum absolute atomic E-state index is 8.50. The highest BCUT2D eigenvalue weighted by atomic mass is 35.5. The van der Waals surface area contributed by atoms with Crippen LogP contribution in [0, 0.1) is 0 Å². The van der Waals surface area contributed by atoms with Gasteiger partial charge in [-0.05, 0) is 17.9 Å². The topological polar surface area (TPSA) is 32.6 Å². The average molecular weight is 204 g/mol. The van der Waals surface area contributed by atoms with Gasteiger partial charge < -0.3 is 5.21 Å². The van der Waals surface area contributed by atoms with Crippen LogP contribution in [0.1, 0.15) is 24.1 Å². The van der Waals surface area contributed by atoms with Gasteiger partial charge in [-0.15, -0.1) is 11.3 Å². The molecule has 1 N–H and O–H groups in total. The first kappa shape index (κ1) is 9.55. The summed E-state index contributed by atoms with van der Waals surface area (Å²) in [4.78, 5) is 1.14. The van der Waals surface area contributed by atoms with Crippen molar-refractivity contribution in [3.05, 3.63) is 22.4 Å². The lowest BCUT2D eigenvalue weighted by atomic mass is 10.1. The van der Waals surface area contributed by atoms with Gasteiger partial charge in [-0.2, -0.15) is 0 Å². The Morgan fingerprint density at radius 3 is 3.00 bits per heavy atom. The summed E-state index contributed by atoms with van der Waals surface area (Å²) in [6.07, 6.45) is 0.851. The van der Waals surface area contributed by atoms with E-state index in [9.17, 15) is 0 Å². The summed E-state index contributed by atoms with van der Waals surface area (Å²) in [5.74, 6) is 0.0525. The van der Waals surface area contributed by atoms with Crippen molar-refractivity contribution in [3.8, 4) is 0 Å². The zero-order valence-electron chi connectivity index (χ0n) is 6.70. The Morgan fingerprint density at radius 1 is 1.83 bits per heavy atom. The lowest BCUT2D eigenvalue weighted by Crippen LogP contribution is -2.03. The van der Waals surface area contributed by atoms with Crippen LogP contribution >= 0.6 is 22.9 Å². The third-order valence-corrected chi connectivity index (χ3v) is 3.00. The fourth-order valence-corrected chi connectivity index (χ4v) is 2.30. The van der Waals surface area contributed by atoms with Gasteiger partial charge in [-0.3, -0.25) is 0 Å². The molecule has 0 spiro atoms. The van der Waals surface area contributed by atoms with Crippen LogP contribution in [-0.2, 0) is 0 Å². The van der Waals surface area contributed by atoms with Gasteiger partial charge >= 0.3 is 0 Å². The molecule has 0 aliphatic rings. The molecule has 1 rings (SSSR count). The second-order valence-electron chi connectivity index (χ2n) is 2.40. The van der Waals surface area contributed by atoms with Crippen molar-refractivity contribution in [2.24, 2.45) is 5.16 Å². The van der Waals surface area contributed by atoms with Gasteiger partial charge in [0.1, 0.15) is 0 Å². The van der Waals surface area contributed by atoms with E-state index in [1.54, 1.807) is 11.3 Å². The van der Waals surface area contributed by atoms with Crippen molar-refractivity contribution in [2.45, 2.75) is 19.3 Å². The van der Waals surface area contributed by atoms with Crippen LogP contribution in [0.25, 0.3) is 0 Å². The van der Waals surface area contributed by atoms with E-state index in [2.05, 4.69) is 5.16 Å². The van der Waals surface area contributed by atoms with Crippen molar-refractivity contribution in [1.29, 1.82) is 0 Å². The fraction of sp³-hybridized carbons (Fsp3) is 0.375. The second-order valence-corrected chi connectivity index (χ2v) is 3.77. The molecule has 1 aromatic heterocycles. The first-order valence-electron chi connectivity index (χ1n) is 3.70. The monoisotopic (exact) mass is 203 g/mol. The summed E-state index contributed by atoms with van der Waals surface area (Å²) in [6, 6.07) is 3.95. The predicted molar refractivity (Wildman–Crippen MR) is 52.4 cm³/mol. The van der Waals surface area contributed by atoms with Gasteiger partial charge in [-0.25, -0.2) is 0 Å². The molecule has 4 heteroatoms. The van der Waals surface area contributed by atoms with Crippen LogP contribution in [0.4, 0.5) is 0 Å². The van der Waals surface area contributed by atoms with Crippen LogP contribution in [-0.4, -0.2) is 10.4 Å². The van der Waals surface area contributed by atoms with E-state index in [-0.39, 0.29) is 11.1 Å². The summed E-state index contributed by atoms with van der Waals surface area (Å²) in [5.41, 5.74) is 0. The molecular formula is C8H10ClNOS. The minimum atomic E-state index is 0.0525. The first-order chi connectivity index (χ1) is 5.79. The maximum atomic E-state index is 8.50. The zero-order valence-corrected chi connectivity index (χ0v) is 8.27. The highest BCUT2D eigenvalue weighted by Gasteiger charge is 2.15. The Hall–Kier alpha value is -0.540. The first-order valence-corrected chi connectivity index (χ1v) is 4.96. The number of rotatable bonds is 3. The quantitative estimate of drug-likeness (QED) is 0.457. The summed E-state index contributed by atoms with van der Waals surface area (Å²) >= 11 is 7.35. The molecule has 1 heterocycles. The van der Waals surface area contributed by atoms with E-state index in [0.717, 1.165) is 11.3 Å². The maximum Gasteiger partial charge on any atom is 0.153 e. The average Bonchev–Trinajstić information content (AvgIpc) is 2.58. The third kappa shape index (κ3) is 1.99. The fourth-order valence-electron chi connectivity index (χ4n) is 1.05. The summed E-state index contributed by atoms with van der Waals surface area (Å²) < 4.78 is 0. The molecule has 12 heavy (non-hydrogen) atoms. The van der Waals surface area contributed by atoms with Crippen LogP contribution in [0.3, 0.4) is 0 Å². The lowest BCUT2D eigenvalue weighted by Gasteiger charge is -2.08. The Balaban J connectivity index is 2.84. The normalized spacial score (nSPS) is 14.7. The number of thiophene rings is 1. The van der Waals surface area contributed by atoms with Gasteiger partial charge in [0.15, 0.2) is 5.17 Å². The highest BCUT2D eigenvalue weighted by molar-refractivity contribution is 7.10. The number of nitrogens with zero attached hydrogens (tertiary/aromatic N) is 1. The molecule has 0 amide bonds. The van der Waals surface area contributed by atoms with Gasteiger partial charge in [0.25, 0.3) is 0 Å². The summed E-state index contributed by atoms with van der Waals surface area (Å²) in [6.45, 7) is 2.01. The van der Waals surface area contributed by atoms with E-state index in [1.807, 2.05) is 24.4 Å². The van der Waals surface area contributed by atoms with E-state index >= 15 is 0 Å². The largest absolute Gasteiger partial charge is 0.410 e. The molecule has 0 fully saturated rings. The van der Waals surface area contributed by atoms with Crippen molar-refractivity contribution >= 4 is 28.1 Å². The molecule has 0 aliphatic heterocycles. The minimum Gasteiger partial charge on any atom is -0.410 e. The molecule has 1 atom stereocenters. The third-order valence-electron chi connectivity index (χ3n) is 1.68. The number of hydrogen-bond donors (Lipinski definition) is 1. The summed E-state index contributed by atoms with van der Waals surface area (Å²) in [5, 5.41) is 13.7. The van der Waals surface area contributed by atoms with E-state index < -0.39 is 0 Å². The van der Waals surface area contributed by atoms with Crippen molar-refractivity contribution in [1.82, 2.24) is 0 Å². The number of oxime groups is 1. The molecule has 0 aromatic carbocycles. The summed E-state index contributed by atoms with van der Waals surface area (Å²) in [7, 11) is 0. The molecule has 0 saturated carbocycles. The molecule has 0 saturated heterocycles. The smallest absolute Gasteiger partial charge is 0.153 e. The van der Waals surface area contributed by atoms with E-state index in [4.69, 9.17) is 16.8 Å². The SMILES string of the molecule is CCC(/C(Cl)=N/O)c1cccs1. The highest BCUT2D eigenvalue weighted by Crippen LogP contribution is 2.26. The number of hydrogen-bond acceptors (Lipinski definition) is 3. The standard InChI is InChI=1S/C8H10ClNOS/c1-2-6(8(9)10-11)7-4-3-5-12-7/h3-6,11H,2H2,1H3/b10-8-. The van der Waals surface area contributed by atoms with E-state index in [1.165, 1.54) is 0 Å². The number of halogens is 1. The van der Waals surface area contributed by atoms with Crippen LogP contribution in [0.5, 0.6) is 0 Å². The lowest BCUT2D eigenvalue weighted by molar-refractivity contribution is 0.318. The Kier molecular flexibility index (Phi) is 3.56. The minimum absolute atomic E-state index is 0.0525. The van der Waals surface area contributed by atoms with Gasteiger partial charge in [-0.1, -0.05) is 29.7 Å². The molecule has 0 bridgehead atoms. The van der Waals surface area contributed by atoms with E-state index in [0.29, 0.717) is 0 Å².